The number of hydrogen-bond donors (Lipinski definition) is 2. The fraction of sp³-hybridized carbons (Fsp3) is 0.500. The molecule has 0 aliphatic carbocycles. The van der Waals surface area contributed by atoms with Crippen LogP contribution in [0.1, 0.15) is 32.3 Å². The lowest BCUT2D eigenvalue weighted by Crippen LogP contribution is -2.59. The normalized spacial score (nSPS) is 17.2. The minimum absolute atomic E-state index is 0.0948. The predicted molar refractivity (Wildman–Crippen MR) is 104 cm³/mol. The highest BCUT2D eigenvalue weighted by Gasteiger charge is 2.41. The molecule has 2 N–H and O–H groups in total. The molecule has 0 spiro atoms. The van der Waals surface area contributed by atoms with Gasteiger partial charge in [0.05, 0.1) is 6.20 Å². The highest BCUT2D eigenvalue weighted by atomic mass is 16.2. The number of aryl methyl sites for hydroxylation is 1. The second kappa shape index (κ2) is 7.91. The maximum Gasteiger partial charge on any atom is 0.245 e. The minimum Gasteiger partial charge on any atom is -0.371 e. The van der Waals surface area contributed by atoms with Gasteiger partial charge in [0, 0.05) is 50.2 Å². The van der Waals surface area contributed by atoms with Gasteiger partial charge in [0.15, 0.2) is 0 Å². The van der Waals surface area contributed by atoms with E-state index >= 15 is 0 Å². The lowest BCUT2D eigenvalue weighted by molar-refractivity contribution is -0.127. The Morgan fingerprint density at radius 1 is 1.23 bits per heavy atom. The van der Waals surface area contributed by atoms with E-state index in [0.717, 1.165) is 38.2 Å². The molecular weight excluding hydrogens is 326 g/mol. The summed E-state index contributed by atoms with van der Waals surface area (Å²) in [6, 6.07) is 10.1. The third-order valence-corrected chi connectivity index (χ3v) is 4.89. The molecule has 2 heterocycles. The van der Waals surface area contributed by atoms with Crippen molar-refractivity contribution < 1.29 is 4.79 Å². The van der Waals surface area contributed by atoms with Gasteiger partial charge >= 0.3 is 0 Å². The van der Waals surface area contributed by atoms with Crippen LogP contribution in [-0.4, -0.2) is 45.3 Å². The van der Waals surface area contributed by atoms with Crippen molar-refractivity contribution in [2.75, 3.05) is 18.4 Å². The summed E-state index contributed by atoms with van der Waals surface area (Å²) < 4.78 is 1.83. The molecule has 1 amide bonds. The fourth-order valence-corrected chi connectivity index (χ4v) is 3.51. The second-order valence-electron chi connectivity index (χ2n) is 7.50. The van der Waals surface area contributed by atoms with Gasteiger partial charge in [0.1, 0.15) is 5.54 Å². The molecule has 0 unspecified atom stereocenters. The third kappa shape index (κ3) is 4.43. The molecule has 0 bridgehead atoms. The Balaban J connectivity index is 1.70. The average Bonchev–Trinajstić information content (AvgIpc) is 3.02. The monoisotopic (exact) mass is 355 g/mol. The molecule has 6 nitrogen and oxygen atoms in total. The number of carbonyl (C=O) groups excluding carboxylic acids is 1. The van der Waals surface area contributed by atoms with E-state index < -0.39 is 5.54 Å². The first kappa shape index (κ1) is 18.5. The number of nitrogens with one attached hydrogen (secondary N) is 2. The molecule has 26 heavy (non-hydrogen) atoms. The Morgan fingerprint density at radius 2 is 1.92 bits per heavy atom. The summed E-state index contributed by atoms with van der Waals surface area (Å²) in [5, 5.41) is 10.9. The summed E-state index contributed by atoms with van der Waals surface area (Å²) in [6.07, 6.45) is 5.52. The Bertz CT molecular complexity index is 717. The highest BCUT2D eigenvalue weighted by molar-refractivity contribution is 5.89. The van der Waals surface area contributed by atoms with Gasteiger partial charge in [-0.3, -0.25) is 14.4 Å². The predicted octanol–water partition coefficient (Wildman–Crippen LogP) is 2.39. The second-order valence-corrected chi connectivity index (χ2v) is 7.50. The lowest BCUT2D eigenvalue weighted by atomic mass is 9.85. The maximum atomic E-state index is 13.0. The average molecular weight is 355 g/mol. The molecule has 1 aromatic carbocycles. The van der Waals surface area contributed by atoms with Gasteiger partial charge in [0.2, 0.25) is 5.91 Å². The Hall–Kier alpha value is -2.34. The van der Waals surface area contributed by atoms with Gasteiger partial charge in [-0.05, 0) is 38.8 Å². The number of carbonyl (C=O) groups is 1. The topological polar surface area (TPSA) is 62.2 Å². The van der Waals surface area contributed by atoms with Gasteiger partial charge in [-0.15, -0.1) is 0 Å². The fourth-order valence-electron chi connectivity index (χ4n) is 3.51. The van der Waals surface area contributed by atoms with Crippen molar-refractivity contribution in [3.63, 3.8) is 0 Å². The van der Waals surface area contributed by atoms with Crippen LogP contribution in [0, 0.1) is 0 Å². The first-order chi connectivity index (χ1) is 12.5. The first-order valence-corrected chi connectivity index (χ1v) is 9.31. The summed E-state index contributed by atoms with van der Waals surface area (Å²) in [7, 11) is 1.94. The van der Waals surface area contributed by atoms with Gasteiger partial charge in [-0.1, -0.05) is 18.2 Å². The van der Waals surface area contributed by atoms with Crippen molar-refractivity contribution in [3.8, 4) is 0 Å². The zero-order valence-electron chi connectivity index (χ0n) is 15.9. The molecule has 2 aromatic rings. The van der Waals surface area contributed by atoms with Crippen molar-refractivity contribution in [2.24, 2.45) is 7.05 Å². The van der Waals surface area contributed by atoms with Crippen molar-refractivity contribution in [1.82, 2.24) is 20.0 Å². The van der Waals surface area contributed by atoms with E-state index in [0.29, 0.717) is 0 Å². The van der Waals surface area contributed by atoms with E-state index in [9.17, 15) is 4.79 Å². The lowest BCUT2D eigenvalue weighted by Gasteiger charge is -2.42. The van der Waals surface area contributed by atoms with Crippen LogP contribution in [0.15, 0.2) is 42.7 Å². The van der Waals surface area contributed by atoms with E-state index in [2.05, 4.69) is 26.8 Å². The molecule has 140 valence electrons. The number of para-hydroxylation sites is 1. The number of rotatable bonds is 6. The zero-order valence-corrected chi connectivity index (χ0v) is 15.9. The zero-order chi connectivity index (χ0) is 18.6. The van der Waals surface area contributed by atoms with E-state index in [1.54, 1.807) is 0 Å². The Kier molecular flexibility index (Phi) is 5.61. The van der Waals surface area contributed by atoms with Gasteiger partial charge in [-0.25, -0.2) is 0 Å². The molecule has 1 aliphatic rings. The number of amides is 1. The Labute approximate surface area is 155 Å². The number of aromatic nitrogens is 2. The van der Waals surface area contributed by atoms with Crippen LogP contribution >= 0.6 is 0 Å². The van der Waals surface area contributed by atoms with Crippen molar-refractivity contribution >= 4 is 11.6 Å². The molecule has 1 aromatic heterocycles. The number of nitrogens with zero attached hydrogens (tertiary/aromatic N) is 3. The molecule has 1 fully saturated rings. The summed E-state index contributed by atoms with van der Waals surface area (Å²) in [5.74, 6) is 0.0948. The summed E-state index contributed by atoms with van der Waals surface area (Å²) in [6.45, 7) is 6.64. The molecule has 0 saturated carbocycles. The number of likely N-dealkylation sites (tertiary alicyclic amines) is 1. The molecule has 1 aliphatic heterocycles. The summed E-state index contributed by atoms with van der Waals surface area (Å²) in [5.41, 5.74) is 1.65. The molecule has 6 heteroatoms. The van der Waals surface area contributed by atoms with Gasteiger partial charge in [0.25, 0.3) is 0 Å². The number of hydrogen-bond acceptors (Lipinski definition) is 4. The third-order valence-electron chi connectivity index (χ3n) is 4.89. The molecule has 0 radical (unpaired) electrons. The van der Waals surface area contributed by atoms with Crippen LogP contribution < -0.4 is 10.6 Å². The number of piperidine rings is 1. The summed E-state index contributed by atoms with van der Waals surface area (Å²) >= 11 is 0. The van der Waals surface area contributed by atoms with Gasteiger partial charge in [-0.2, -0.15) is 5.10 Å². The molecule has 1 saturated heterocycles. The van der Waals surface area contributed by atoms with Crippen molar-refractivity contribution in [1.29, 1.82) is 0 Å². The van der Waals surface area contributed by atoms with Crippen molar-refractivity contribution in [2.45, 2.75) is 44.8 Å². The Morgan fingerprint density at radius 3 is 2.50 bits per heavy atom. The van der Waals surface area contributed by atoms with E-state index in [-0.39, 0.29) is 11.9 Å². The van der Waals surface area contributed by atoms with Crippen LogP contribution in [0.2, 0.25) is 0 Å². The van der Waals surface area contributed by atoms with E-state index in [4.69, 9.17) is 0 Å². The van der Waals surface area contributed by atoms with E-state index in [1.165, 1.54) is 5.56 Å². The standard InChI is InChI=1S/C20H29N5O/c1-16(2)22-19(26)20(23-18-7-5-4-6-8-18)9-11-25(12-10-20)15-17-13-21-24(3)14-17/h4-8,13-14,16,23H,9-12,15H2,1-3H3,(H,22,26). The number of anilines is 1. The molecular formula is C20H29N5O. The summed E-state index contributed by atoms with van der Waals surface area (Å²) in [4.78, 5) is 15.4. The smallest absolute Gasteiger partial charge is 0.245 e. The largest absolute Gasteiger partial charge is 0.371 e. The van der Waals surface area contributed by atoms with Crippen LogP contribution in [-0.2, 0) is 18.4 Å². The quantitative estimate of drug-likeness (QED) is 0.835. The van der Waals surface area contributed by atoms with Crippen LogP contribution in [0.4, 0.5) is 5.69 Å². The first-order valence-electron chi connectivity index (χ1n) is 9.31. The van der Waals surface area contributed by atoms with Crippen LogP contribution in [0.3, 0.4) is 0 Å². The highest BCUT2D eigenvalue weighted by Crippen LogP contribution is 2.28. The number of benzene rings is 1. The van der Waals surface area contributed by atoms with Crippen LogP contribution in [0.25, 0.3) is 0 Å². The van der Waals surface area contributed by atoms with Gasteiger partial charge < -0.3 is 10.6 Å². The van der Waals surface area contributed by atoms with Crippen molar-refractivity contribution in [3.05, 3.63) is 48.3 Å². The minimum atomic E-state index is -0.558. The molecule has 3 rings (SSSR count). The maximum absolute atomic E-state index is 13.0. The van der Waals surface area contributed by atoms with Crippen LogP contribution in [0.5, 0.6) is 0 Å². The SMILES string of the molecule is CC(C)NC(=O)C1(Nc2ccccc2)CCN(Cc2cnn(C)c2)CC1. The molecule has 0 atom stereocenters. The van der Waals surface area contributed by atoms with E-state index in [1.807, 2.05) is 62.1 Å².